The monoisotopic (exact) mass is 439 g/mol. The Kier molecular flexibility index (Phi) is 13.3. The molecule has 6 nitrogen and oxygen atoms in total. The van der Waals surface area contributed by atoms with Crippen LogP contribution in [0.2, 0.25) is 0 Å². The summed E-state index contributed by atoms with van der Waals surface area (Å²) < 4.78 is 56.1. The van der Waals surface area contributed by atoms with Crippen LogP contribution in [0.25, 0.3) is 0 Å². The summed E-state index contributed by atoms with van der Waals surface area (Å²) in [5, 5.41) is 5.26. The molecular formula is C19H32F3N3O3S. The van der Waals surface area contributed by atoms with Crippen molar-refractivity contribution in [2.45, 2.75) is 45.7 Å². The molecule has 0 rings (SSSR count). The van der Waals surface area contributed by atoms with Crippen molar-refractivity contribution in [2.75, 3.05) is 26.0 Å². The van der Waals surface area contributed by atoms with Crippen LogP contribution in [0.4, 0.5) is 18.0 Å². The van der Waals surface area contributed by atoms with Crippen molar-refractivity contribution in [2.24, 2.45) is 11.7 Å². The van der Waals surface area contributed by atoms with Crippen molar-refractivity contribution in [3.63, 3.8) is 0 Å². The van der Waals surface area contributed by atoms with Crippen LogP contribution < -0.4 is 16.4 Å². The van der Waals surface area contributed by atoms with Crippen molar-refractivity contribution in [1.29, 1.82) is 0 Å². The van der Waals surface area contributed by atoms with E-state index in [9.17, 15) is 22.5 Å². The largest absolute Gasteiger partial charge is 0.612 e. The van der Waals surface area contributed by atoms with Crippen LogP contribution in [0.3, 0.4) is 0 Å². The zero-order valence-corrected chi connectivity index (χ0v) is 18.0. The summed E-state index contributed by atoms with van der Waals surface area (Å²) in [4.78, 5) is 11.9. The normalized spacial score (nSPS) is 14.9. The smallest absolute Gasteiger partial charge is 0.419 e. The van der Waals surface area contributed by atoms with Crippen molar-refractivity contribution >= 4 is 17.3 Å². The SMILES string of the molecule is C=C(C(C)C/C=C(NCCCNC(=O)OCCCC)/C(=C\N)C(F)(F)F)[S+](C)[O-]. The third-order valence-corrected chi connectivity index (χ3v) is 5.17. The molecule has 168 valence electrons. The number of carbonyl (C=O) groups is 1. The molecule has 1 amide bonds. The molecule has 0 aliphatic rings. The molecule has 0 aromatic rings. The molecule has 4 N–H and O–H groups in total. The highest BCUT2D eigenvalue weighted by atomic mass is 32.2. The van der Waals surface area contributed by atoms with Gasteiger partial charge in [-0.15, -0.1) is 0 Å². The van der Waals surface area contributed by atoms with Gasteiger partial charge in [0.2, 0.25) is 0 Å². The molecule has 10 heteroatoms. The van der Waals surface area contributed by atoms with E-state index in [1.807, 2.05) is 6.92 Å². The van der Waals surface area contributed by atoms with Gasteiger partial charge in [-0.25, -0.2) is 4.79 Å². The molecule has 0 fully saturated rings. The maximum atomic E-state index is 13.2. The number of halogens is 3. The van der Waals surface area contributed by atoms with Gasteiger partial charge >= 0.3 is 12.3 Å². The van der Waals surface area contributed by atoms with Crippen molar-refractivity contribution in [3.8, 4) is 0 Å². The molecule has 0 aromatic carbocycles. The summed E-state index contributed by atoms with van der Waals surface area (Å²) >= 11 is -1.26. The van der Waals surface area contributed by atoms with Gasteiger partial charge in [0.25, 0.3) is 0 Å². The minimum absolute atomic E-state index is 0.160. The Morgan fingerprint density at radius 1 is 1.31 bits per heavy atom. The fourth-order valence-corrected chi connectivity index (χ4v) is 2.85. The maximum Gasteiger partial charge on any atom is 0.419 e. The summed E-state index contributed by atoms with van der Waals surface area (Å²) in [5.74, 6) is -0.260. The number of hydrogen-bond donors (Lipinski definition) is 3. The number of unbranched alkanes of at least 4 members (excludes halogenated alkanes) is 1. The minimum Gasteiger partial charge on any atom is -0.612 e. The molecule has 0 saturated heterocycles. The summed E-state index contributed by atoms with van der Waals surface area (Å²) in [6, 6.07) is 0. The molecule has 0 bridgehead atoms. The van der Waals surface area contributed by atoms with Crippen LogP contribution in [-0.2, 0) is 15.9 Å². The first-order chi connectivity index (χ1) is 13.5. The van der Waals surface area contributed by atoms with Crippen LogP contribution in [0.15, 0.2) is 35.0 Å². The predicted molar refractivity (Wildman–Crippen MR) is 110 cm³/mol. The zero-order chi connectivity index (χ0) is 22.4. The van der Waals surface area contributed by atoms with Crippen molar-refractivity contribution < 1.29 is 27.3 Å². The number of amides is 1. The number of carbonyl (C=O) groups excluding carboxylic acids is 1. The van der Waals surface area contributed by atoms with Crippen molar-refractivity contribution in [1.82, 2.24) is 10.6 Å². The quantitative estimate of drug-likeness (QED) is 0.231. The molecule has 0 radical (unpaired) electrons. The lowest BCUT2D eigenvalue weighted by molar-refractivity contribution is -0.0900. The molecule has 0 spiro atoms. The van der Waals surface area contributed by atoms with E-state index in [0.29, 0.717) is 24.1 Å². The number of ether oxygens (including phenoxy) is 1. The number of nitrogens with two attached hydrogens (primary N) is 1. The van der Waals surface area contributed by atoms with E-state index >= 15 is 0 Å². The fraction of sp³-hybridized carbons (Fsp3) is 0.632. The second kappa shape index (κ2) is 14.2. The Labute approximate surface area is 174 Å². The van der Waals surface area contributed by atoms with Gasteiger partial charge in [-0.05, 0) is 37.0 Å². The number of allylic oxidation sites excluding steroid dienone is 3. The van der Waals surface area contributed by atoms with Crippen LogP contribution in [0, 0.1) is 5.92 Å². The lowest BCUT2D eigenvalue weighted by Crippen LogP contribution is -2.29. The molecule has 0 aromatic heterocycles. The molecule has 2 atom stereocenters. The standard InChI is InChI=1S/C19H32F3N3O3S/c1-5-6-12-28-18(26)25-11-7-10-24-17(16(13-23)19(20,21)22)9-8-14(2)15(3)29(4)27/h9,13-14,24H,3,5-8,10-12,23H2,1-2,4H3,(H,25,26)/b16-13+,17-9-. The van der Waals surface area contributed by atoms with E-state index in [1.165, 1.54) is 12.3 Å². The average Bonchev–Trinajstić information content (AvgIpc) is 2.63. The highest BCUT2D eigenvalue weighted by molar-refractivity contribution is 7.94. The highest BCUT2D eigenvalue weighted by Crippen LogP contribution is 2.30. The Bertz CT molecular complexity index is 579. The average molecular weight is 440 g/mol. The first-order valence-electron chi connectivity index (χ1n) is 9.40. The first kappa shape index (κ1) is 27.2. The van der Waals surface area contributed by atoms with Gasteiger partial charge in [0.05, 0.1) is 12.2 Å². The topological polar surface area (TPSA) is 99.4 Å². The molecule has 0 saturated carbocycles. The van der Waals surface area contributed by atoms with E-state index in [0.717, 1.165) is 12.8 Å². The Hall–Kier alpha value is -1.81. The second-order valence-corrected chi connectivity index (χ2v) is 7.88. The number of nitrogens with one attached hydrogen (secondary N) is 2. The van der Waals surface area contributed by atoms with Gasteiger partial charge in [-0.3, -0.25) is 0 Å². The third-order valence-electron chi connectivity index (χ3n) is 4.03. The van der Waals surface area contributed by atoms with Gasteiger partial charge < -0.3 is 25.7 Å². The van der Waals surface area contributed by atoms with E-state index in [-0.39, 0.29) is 31.1 Å². The number of rotatable bonds is 13. The lowest BCUT2D eigenvalue weighted by Gasteiger charge is -2.19. The Balaban J connectivity index is 4.79. The van der Waals surface area contributed by atoms with Gasteiger partial charge in [-0.1, -0.05) is 26.3 Å². The number of alkyl carbamates (subject to hydrolysis) is 1. The van der Waals surface area contributed by atoms with Gasteiger partial charge in [0.1, 0.15) is 11.2 Å². The summed E-state index contributed by atoms with van der Waals surface area (Å²) in [5.41, 5.74) is 4.05. The van der Waals surface area contributed by atoms with Crippen LogP contribution in [0.1, 0.15) is 39.5 Å². The van der Waals surface area contributed by atoms with Gasteiger partial charge in [-0.2, -0.15) is 13.2 Å². The molecule has 0 aliphatic heterocycles. The Morgan fingerprint density at radius 3 is 2.45 bits per heavy atom. The van der Waals surface area contributed by atoms with Gasteiger partial charge in [0, 0.05) is 30.9 Å². The Morgan fingerprint density at radius 2 is 1.93 bits per heavy atom. The summed E-state index contributed by atoms with van der Waals surface area (Å²) in [6.45, 7) is 8.19. The third kappa shape index (κ3) is 11.7. The molecular weight excluding hydrogens is 407 g/mol. The van der Waals surface area contributed by atoms with Gasteiger partial charge in [0.15, 0.2) is 0 Å². The van der Waals surface area contributed by atoms with Crippen LogP contribution >= 0.6 is 0 Å². The zero-order valence-electron chi connectivity index (χ0n) is 17.2. The molecule has 29 heavy (non-hydrogen) atoms. The fourth-order valence-electron chi connectivity index (χ4n) is 2.19. The summed E-state index contributed by atoms with van der Waals surface area (Å²) in [6.07, 6.45) is 0.473. The summed E-state index contributed by atoms with van der Waals surface area (Å²) in [7, 11) is 0. The lowest BCUT2D eigenvalue weighted by atomic mass is 10.0. The van der Waals surface area contributed by atoms with Crippen LogP contribution in [-0.4, -0.2) is 42.8 Å². The van der Waals surface area contributed by atoms with Crippen molar-refractivity contribution in [3.05, 3.63) is 35.0 Å². The number of hydrogen-bond acceptors (Lipinski definition) is 5. The van der Waals surface area contributed by atoms with E-state index in [4.69, 9.17) is 10.5 Å². The highest BCUT2D eigenvalue weighted by Gasteiger charge is 2.36. The minimum atomic E-state index is -4.62. The maximum absolute atomic E-state index is 13.2. The molecule has 0 heterocycles. The van der Waals surface area contributed by atoms with E-state index < -0.39 is 29.0 Å². The first-order valence-corrected chi connectivity index (χ1v) is 11.0. The second-order valence-electron chi connectivity index (χ2n) is 6.45. The van der Waals surface area contributed by atoms with E-state index in [1.54, 1.807) is 6.92 Å². The van der Waals surface area contributed by atoms with Crippen LogP contribution in [0.5, 0.6) is 0 Å². The molecule has 0 aliphatic carbocycles. The van der Waals surface area contributed by atoms with E-state index in [2.05, 4.69) is 17.2 Å². The predicted octanol–water partition coefficient (Wildman–Crippen LogP) is 3.70. The number of alkyl halides is 3. The molecule has 2 unspecified atom stereocenters.